The second-order valence-electron chi connectivity index (χ2n) is 7.06. The molecule has 106 valence electrons. The molecule has 1 saturated carbocycles. The quantitative estimate of drug-likeness (QED) is 0.777. The average Bonchev–Trinajstić information content (AvgIpc) is 3.06. The maximum absolute atomic E-state index is 12.7. The van der Waals surface area contributed by atoms with Gasteiger partial charge in [0.25, 0.3) is 0 Å². The Bertz CT molecular complexity index is 639. The van der Waals surface area contributed by atoms with Gasteiger partial charge in [0.2, 0.25) is 0 Å². The second-order valence-corrected chi connectivity index (χ2v) is 7.06. The molecular formula is C18H23NO. The highest BCUT2D eigenvalue weighted by molar-refractivity contribution is 6.09. The molecule has 0 bridgehead atoms. The third-order valence-electron chi connectivity index (χ3n) is 4.54. The van der Waals surface area contributed by atoms with E-state index in [1.165, 1.54) is 18.4 Å². The molecule has 20 heavy (non-hydrogen) atoms. The van der Waals surface area contributed by atoms with Crippen LogP contribution in [0.25, 0.3) is 10.9 Å². The fourth-order valence-electron chi connectivity index (χ4n) is 3.20. The number of aromatic nitrogens is 1. The van der Waals surface area contributed by atoms with Crippen molar-refractivity contribution in [1.82, 2.24) is 4.98 Å². The molecule has 2 nitrogen and oxygen atoms in total. The minimum atomic E-state index is 0.110. The summed E-state index contributed by atoms with van der Waals surface area (Å²) in [6.45, 7) is 6.62. The molecule has 0 radical (unpaired) electrons. The summed E-state index contributed by atoms with van der Waals surface area (Å²) in [6, 6.07) is 6.44. The van der Waals surface area contributed by atoms with E-state index in [9.17, 15) is 4.79 Å². The van der Waals surface area contributed by atoms with Gasteiger partial charge in [-0.25, -0.2) is 0 Å². The standard InChI is InChI=1S/C18H23NO/c1-18(2,3)13-8-9-16-14(10-13)15(11-19-16)17(20)12-6-4-5-7-12/h8-12,19H,4-7H2,1-3H3. The Kier molecular flexibility index (Phi) is 3.19. The molecule has 0 amide bonds. The van der Waals surface area contributed by atoms with E-state index in [2.05, 4.69) is 44.0 Å². The third kappa shape index (κ3) is 2.28. The second kappa shape index (κ2) is 4.76. The predicted molar refractivity (Wildman–Crippen MR) is 83.3 cm³/mol. The Morgan fingerprint density at radius 3 is 2.55 bits per heavy atom. The molecule has 2 heteroatoms. The van der Waals surface area contributed by atoms with Crippen LogP contribution in [-0.2, 0) is 5.41 Å². The number of Topliss-reactive ketones (excluding diaryl/α,β-unsaturated/α-hetero) is 1. The molecule has 3 rings (SSSR count). The lowest BCUT2D eigenvalue weighted by Gasteiger charge is -2.19. The third-order valence-corrected chi connectivity index (χ3v) is 4.54. The van der Waals surface area contributed by atoms with Gasteiger partial charge in [0.05, 0.1) is 0 Å². The highest BCUT2D eigenvalue weighted by atomic mass is 16.1. The van der Waals surface area contributed by atoms with Crippen LogP contribution in [0.4, 0.5) is 0 Å². The van der Waals surface area contributed by atoms with E-state index >= 15 is 0 Å². The van der Waals surface area contributed by atoms with Gasteiger partial charge in [0.1, 0.15) is 0 Å². The Morgan fingerprint density at radius 2 is 1.90 bits per heavy atom. The Balaban J connectivity index is 2.05. The molecular weight excluding hydrogens is 246 g/mol. The summed E-state index contributed by atoms with van der Waals surface area (Å²) < 4.78 is 0. The number of fused-ring (bicyclic) bond motifs is 1. The van der Waals surface area contributed by atoms with Gasteiger partial charge in [-0.2, -0.15) is 0 Å². The van der Waals surface area contributed by atoms with Crippen molar-refractivity contribution in [1.29, 1.82) is 0 Å². The van der Waals surface area contributed by atoms with Crippen LogP contribution in [0.3, 0.4) is 0 Å². The summed E-state index contributed by atoms with van der Waals surface area (Å²) in [5.74, 6) is 0.576. The number of hydrogen-bond donors (Lipinski definition) is 1. The van der Waals surface area contributed by atoms with Gasteiger partial charge < -0.3 is 4.98 Å². The summed E-state index contributed by atoms with van der Waals surface area (Å²) >= 11 is 0. The lowest BCUT2D eigenvalue weighted by atomic mass is 9.85. The molecule has 1 aliphatic rings. The average molecular weight is 269 g/mol. The largest absolute Gasteiger partial charge is 0.360 e. The van der Waals surface area contributed by atoms with Crippen molar-refractivity contribution in [2.75, 3.05) is 0 Å². The number of carbonyl (C=O) groups excluding carboxylic acids is 1. The molecule has 1 aromatic carbocycles. The first kappa shape index (κ1) is 13.4. The molecule has 0 saturated heterocycles. The first-order valence-corrected chi connectivity index (χ1v) is 7.62. The molecule has 0 spiro atoms. The maximum Gasteiger partial charge on any atom is 0.168 e. The van der Waals surface area contributed by atoms with E-state index in [0.29, 0.717) is 5.78 Å². The molecule has 2 aromatic rings. The van der Waals surface area contributed by atoms with Crippen molar-refractivity contribution < 1.29 is 4.79 Å². The number of rotatable bonds is 2. The SMILES string of the molecule is CC(C)(C)c1ccc2[nH]cc(C(=O)C3CCCC3)c2c1. The van der Waals surface area contributed by atoms with Crippen molar-refractivity contribution in [2.45, 2.75) is 51.9 Å². The van der Waals surface area contributed by atoms with Crippen LogP contribution < -0.4 is 0 Å². The fourth-order valence-corrected chi connectivity index (χ4v) is 3.20. The Labute approximate surface area is 120 Å². The number of carbonyl (C=O) groups is 1. The number of ketones is 1. The predicted octanol–water partition coefficient (Wildman–Crippen LogP) is 4.84. The smallest absolute Gasteiger partial charge is 0.168 e. The van der Waals surface area contributed by atoms with Crippen LogP contribution in [0.2, 0.25) is 0 Å². The zero-order chi connectivity index (χ0) is 14.3. The van der Waals surface area contributed by atoms with Crippen molar-refractivity contribution in [3.05, 3.63) is 35.5 Å². The Morgan fingerprint density at radius 1 is 1.20 bits per heavy atom. The van der Waals surface area contributed by atoms with Crippen LogP contribution in [0.5, 0.6) is 0 Å². The minimum absolute atomic E-state index is 0.110. The highest BCUT2D eigenvalue weighted by Gasteiger charge is 2.26. The number of nitrogens with one attached hydrogen (secondary N) is 1. The zero-order valence-electron chi connectivity index (χ0n) is 12.6. The summed E-state index contributed by atoms with van der Waals surface area (Å²) in [5.41, 5.74) is 3.35. The molecule has 0 aliphatic heterocycles. The van der Waals surface area contributed by atoms with Crippen molar-refractivity contribution in [3.63, 3.8) is 0 Å². The van der Waals surface area contributed by atoms with Crippen molar-refractivity contribution >= 4 is 16.7 Å². The normalized spacial score (nSPS) is 16.9. The van der Waals surface area contributed by atoms with Gasteiger partial charge >= 0.3 is 0 Å². The van der Waals surface area contributed by atoms with E-state index in [1.807, 2.05) is 6.20 Å². The Hall–Kier alpha value is -1.57. The van der Waals surface area contributed by atoms with Gasteiger partial charge in [-0.15, -0.1) is 0 Å². The van der Waals surface area contributed by atoms with E-state index in [4.69, 9.17) is 0 Å². The molecule has 1 heterocycles. The van der Waals surface area contributed by atoms with Gasteiger partial charge in [-0.3, -0.25) is 4.79 Å². The van der Waals surface area contributed by atoms with Gasteiger partial charge in [-0.1, -0.05) is 39.7 Å². The van der Waals surface area contributed by atoms with E-state index in [0.717, 1.165) is 29.3 Å². The summed E-state index contributed by atoms with van der Waals surface area (Å²) in [6.07, 6.45) is 6.42. The van der Waals surface area contributed by atoms with E-state index < -0.39 is 0 Å². The molecule has 1 fully saturated rings. The van der Waals surface area contributed by atoms with Crippen molar-refractivity contribution in [2.24, 2.45) is 5.92 Å². The van der Waals surface area contributed by atoms with Crippen LogP contribution in [0, 0.1) is 5.92 Å². The number of hydrogen-bond acceptors (Lipinski definition) is 1. The first-order valence-electron chi connectivity index (χ1n) is 7.62. The maximum atomic E-state index is 12.7. The molecule has 0 unspecified atom stereocenters. The number of benzene rings is 1. The summed E-state index contributed by atoms with van der Waals surface area (Å²) in [4.78, 5) is 15.9. The number of H-pyrrole nitrogens is 1. The first-order chi connectivity index (χ1) is 9.47. The van der Waals surface area contributed by atoms with E-state index in [1.54, 1.807) is 0 Å². The topological polar surface area (TPSA) is 32.9 Å². The van der Waals surface area contributed by atoms with E-state index in [-0.39, 0.29) is 11.3 Å². The van der Waals surface area contributed by atoms with Crippen LogP contribution in [0.1, 0.15) is 62.4 Å². The molecule has 1 aromatic heterocycles. The van der Waals surface area contributed by atoms with Crippen LogP contribution >= 0.6 is 0 Å². The molecule has 1 N–H and O–H groups in total. The summed E-state index contributed by atoms with van der Waals surface area (Å²) in [5, 5.41) is 1.09. The summed E-state index contributed by atoms with van der Waals surface area (Å²) in [7, 11) is 0. The van der Waals surface area contributed by atoms with Crippen LogP contribution in [-0.4, -0.2) is 10.8 Å². The lowest BCUT2D eigenvalue weighted by Crippen LogP contribution is -2.12. The minimum Gasteiger partial charge on any atom is -0.360 e. The fraction of sp³-hybridized carbons (Fsp3) is 0.500. The highest BCUT2D eigenvalue weighted by Crippen LogP contribution is 2.32. The number of aromatic amines is 1. The monoisotopic (exact) mass is 269 g/mol. The van der Waals surface area contributed by atoms with Gasteiger partial charge in [0, 0.05) is 28.6 Å². The van der Waals surface area contributed by atoms with Gasteiger partial charge in [-0.05, 0) is 36.0 Å². The molecule has 0 atom stereocenters. The lowest BCUT2D eigenvalue weighted by molar-refractivity contribution is 0.0924. The van der Waals surface area contributed by atoms with Gasteiger partial charge in [0.15, 0.2) is 5.78 Å². The molecule has 1 aliphatic carbocycles. The zero-order valence-corrected chi connectivity index (χ0v) is 12.6. The van der Waals surface area contributed by atoms with Crippen molar-refractivity contribution in [3.8, 4) is 0 Å². The van der Waals surface area contributed by atoms with Crippen LogP contribution in [0.15, 0.2) is 24.4 Å².